The van der Waals surface area contributed by atoms with Crippen LogP contribution < -0.4 is 4.90 Å². The number of aryl methyl sites for hydroxylation is 2. The highest BCUT2D eigenvalue weighted by Crippen LogP contribution is 2.25. The predicted molar refractivity (Wildman–Crippen MR) is 96.1 cm³/mol. The third-order valence-corrected chi connectivity index (χ3v) is 4.59. The van der Waals surface area contributed by atoms with E-state index in [0.717, 1.165) is 21.8 Å². The number of hydrogen-bond acceptors (Lipinski definition) is 2. The van der Waals surface area contributed by atoms with Crippen LogP contribution in [0.3, 0.4) is 0 Å². The van der Waals surface area contributed by atoms with Crippen LogP contribution in [0.25, 0.3) is 0 Å². The Kier molecular flexibility index (Phi) is 4.49. The summed E-state index contributed by atoms with van der Waals surface area (Å²) in [6.45, 7) is 6.52. The van der Waals surface area contributed by atoms with Gasteiger partial charge in [-0.1, -0.05) is 23.7 Å². The van der Waals surface area contributed by atoms with Crippen molar-refractivity contribution in [3.05, 3.63) is 58.1 Å². The van der Waals surface area contributed by atoms with E-state index in [-0.39, 0.29) is 0 Å². The van der Waals surface area contributed by atoms with Gasteiger partial charge in [-0.25, -0.2) is 0 Å². The molecular weight excluding hydrogens is 292 g/mol. The van der Waals surface area contributed by atoms with E-state index >= 15 is 0 Å². The minimum atomic E-state index is 0.759. The first kappa shape index (κ1) is 15.1. The minimum Gasteiger partial charge on any atom is -0.371 e. The summed E-state index contributed by atoms with van der Waals surface area (Å²) in [6.07, 6.45) is 4.51. The van der Waals surface area contributed by atoms with Gasteiger partial charge in [0.05, 0.1) is 5.69 Å². The Labute approximate surface area is 137 Å². The second-order valence-electron chi connectivity index (χ2n) is 5.93. The number of nitrogens with zero attached hydrogens (tertiary/aromatic N) is 2. The molecule has 0 aliphatic carbocycles. The number of aliphatic imine (C=N–C) groups is 1. The second-order valence-corrected chi connectivity index (χ2v) is 6.34. The van der Waals surface area contributed by atoms with Gasteiger partial charge in [0.2, 0.25) is 0 Å². The molecule has 3 rings (SSSR count). The molecular formula is C19H21ClN2. The molecule has 2 aromatic rings. The summed E-state index contributed by atoms with van der Waals surface area (Å²) >= 11 is 6.13. The lowest BCUT2D eigenvalue weighted by atomic mass is 10.1. The first-order valence-corrected chi connectivity index (χ1v) is 8.17. The number of hydrogen-bond donors (Lipinski definition) is 0. The lowest BCUT2D eigenvalue weighted by Gasteiger charge is -2.20. The van der Waals surface area contributed by atoms with E-state index in [1.807, 2.05) is 31.3 Å². The fourth-order valence-corrected chi connectivity index (χ4v) is 3.06. The molecule has 0 bridgehead atoms. The van der Waals surface area contributed by atoms with Crippen molar-refractivity contribution in [2.45, 2.75) is 26.7 Å². The highest BCUT2D eigenvalue weighted by Gasteiger charge is 2.13. The van der Waals surface area contributed by atoms with Crippen LogP contribution in [0.5, 0.6) is 0 Å². The van der Waals surface area contributed by atoms with Crippen molar-refractivity contribution in [2.75, 3.05) is 18.0 Å². The van der Waals surface area contributed by atoms with Gasteiger partial charge in [-0.15, -0.1) is 0 Å². The van der Waals surface area contributed by atoms with Crippen LogP contribution in [0, 0.1) is 13.8 Å². The Morgan fingerprint density at radius 2 is 1.77 bits per heavy atom. The largest absolute Gasteiger partial charge is 0.371 e. The molecule has 1 fully saturated rings. The van der Waals surface area contributed by atoms with Gasteiger partial charge in [0.25, 0.3) is 0 Å². The zero-order valence-electron chi connectivity index (χ0n) is 13.1. The fourth-order valence-electron chi connectivity index (χ4n) is 2.88. The van der Waals surface area contributed by atoms with Gasteiger partial charge >= 0.3 is 0 Å². The molecule has 0 spiro atoms. The van der Waals surface area contributed by atoms with Crippen LogP contribution >= 0.6 is 11.6 Å². The Hall–Kier alpha value is -1.80. The number of benzene rings is 2. The first-order valence-electron chi connectivity index (χ1n) is 7.79. The summed E-state index contributed by atoms with van der Waals surface area (Å²) < 4.78 is 0. The molecule has 1 aliphatic rings. The van der Waals surface area contributed by atoms with E-state index in [1.165, 1.54) is 37.2 Å². The number of anilines is 1. The van der Waals surface area contributed by atoms with Crippen molar-refractivity contribution >= 4 is 29.2 Å². The summed E-state index contributed by atoms with van der Waals surface area (Å²) in [7, 11) is 0. The predicted octanol–water partition coefficient (Wildman–Crippen LogP) is 5.31. The Morgan fingerprint density at radius 3 is 2.45 bits per heavy atom. The van der Waals surface area contributed by atoms with Crippen molar-refractivity contribution in [2.24, 2.45) is 4.99 Å². The molecule has 22 heavy (non-hydrogen) atoms. The van der Waals surface area contributed by atoms with Gasteiger partial charge in [0.1, 0.15) is 0 Å². The standard InChI is InChI=1S/C19H21ClN2/c1-14-5-7-17(12-18(14)20)21-13-16-6-8-19(15(2)11-16)22-9-3-4-10-22/h5-8,11-13H,3-4,9-10H2,1-2H3. The first-order chi connectivity index (χ1) is 10.6. The molecule has 2 aromatic carbocycles. The number of rotatable bonds is 3. The van der Waals surface area contributed by atoms with Crippen molar-refractivity contribution in [3.8, 4) is 0 Å². The van der Waals surface area contributed by atoms with Crippen molar-refractivity contribution in [1.29, 1.82) is 0 Å². The molecule has 0 N–H and O–H groups in total. The maximum Gasteiger partial charge on any atom is 0.0644 e. The van der Waals surface area contributed by atoms with Crippen molar-refractivity contribution < 1.29 is 0 Å². The third kappa shape index (κ3) is 3.33. The van der Waals surface area contributed by atoms with Crippen LogP contribution in [0.2, 0.25) is 5.02 Å². The van der Waals surface area contributed by atoms with Crippen molar-refractivity contribution in [3.63, 3.8) is 0 Å². The molecule has 1 saturated heterocycles. The van der Waals surface area contributed by atoms with Gasteiger partial charge in [-0.3, -0.25) is 4.99 Å². The molecule has 1 aliphatic heterocycles. The average molecular weight is 313 g/mol. The normalized spacial score (nSPS) is 15.0. The summed E-state index contributed by atoms with van der Waals surface area (Å²) in [5, 5.41) is 0.759. The monoisotopic (exact) mass is 312 g/mol. The summed E-state index contributed by atoms with van der Waals surface area (Å²) in [5.41, 5.74) is 5.75. The van der Waals surface area contributed by atoms with Gasteiger partial charge in [-0.2, -0.15) is 0 Å². The molecule has 3 heteroatoms. The van der Waals surface area contributed by atoms with E-state index < -0.39 is 0 Å². The minimum absolute atomic E-state index is 0.759. The zero-order valence-corrected chi connectivity index (χ0v) is 13.9. The maximum atomic E-state index is 6.13. The Morgan fingerprint density at radius 1 is 1.00 bits per heavy atom. The van der Waals surface area contributed by atoms with Gasteiger partial charge < -0.3 is 4.90 Å². The lowest BCUT2D eigenvalue weighted by Crippen LogP contribution is -2.18. The molecule has 0 aromatic heterocycles. The molecule has 0 saturated carbocycles. The van der Waals surface area contributed by atoms with Crippen LogP contribution in [0.4, 0.5) is 11.4 Å². The summed E-state index contributed by atoms with van der Waals surface area (Å²) in [5.74, 6) is 0. The Balaban J connectivity index is 1.78. The molecule has 114 valence electrons. The molecule has 0 radical (unpaired) electrons. The van der Waals surface area contributed by atoms with E-state index in [2.05, 4.69) is 35.0 Å². The third-order valence-electron chi connectivity index (χ3n) is 4.19. The zero-order chi connectivity index (χ0) is 15.5. The highest BCUT2D eigenvalue weighted by atomic mass is 35.5. The summed E-state index contributed by atoms with van der Waals surface area (Å²) in [6, 6.07) is 12.4. The molecule has 0 amide bonds. The van der Waals surface area contributed by atoms with E-state index in [4.69, 9.17) is 11.6 Å². The second kappa shape index (κ2) is 6.53. The van der Waals surface area contributed by atoms with Gasteiger partial charge in [-0.05, 0) is 67.6 Å². The lowest BCUT2D eigenvalue weighted by molar-refractivity contribution is 0.949. The van der Waals surface area contributed by atoms with Gasteiger partial charge in [0, 0.05) is 30.0 Å². The SMILES string of the molecule is Cc1ccc(N=Cc2ccc(N3CCCC3)c(C)c2)cc1Cl. The van der Waals surface area contributed by atoms with E-state index in [0.29, 0.717) is 0 Å². The molecule has 0 atom stereocenters. The van der Waals surface area contributed by atoms with Gasteiger partial charge in [0.15, 0.2) is 0 Å². The quantitative estimate of drug-likeness (QED) is 0.701. The maximum absolute atomic E-state index is 6.13. The average Bonchev–Trinajstić information content (AvgIpc) is 3.02. The fraction of sp³-hybridized carbons (Fsp3) is 0.316. The van der Waals surface area contributed by atoms with E-state index in [1.54, 1.807) is 0 Å². The Bertz CT molecular complexity index is 701. The molecule has 2 nitrogen and oxygen atoms in total. The van der Waals surface area contributed by atoms with E-state index in [9.17, 15) is 0 Å². The summed E-state index contributed by atoms with van der Waals surface area (Å²) in [4.78, 5) is 6.99. The van der Waals surface area contributed by atoms with Crippen LogP contribution in [0.15, 0.2) is 41.4 Å². The highest BCUT2D eigenvalue weighted by molar-refractivity contribution is 6.31. The number of halogens is 1. The van der Waals surface area contributed by atoms with Crippen LogP contribution in [-0.2, 0) is 0 Å². The smallest absolute Gasteiger partial charge is 0.0644 e. The molecule has 0 unspecified atom stereocenters. The van der Waals surface area contributed by atoms with Crippen LogP contribution in [0.1, 0.15) is 29.5 Å². The van der Waals surface area contributed by atoms with Crippen molar-refractivity contribution in [1.82, 2.24) is 0 Å². The topological polar surface area (TPSA) is 15.6 Å². The molecule has 1 heterocycles. The van der Waals surface area contributed by atoms with Crippen LogP contribution in [-0.4, -0.2) is 19.3 Å².